The highest BCUT2D eigenvalue weighted by molar-refractivity contribution is 5.92. The number of likely N-dealkylation sites (N-methyl/N-ethyl adjacent to an activating group) is 1. The van der Waals surface area contributed by atoms with E-state index in [2.05, 4.69) is 29.0 Å². The first kappa shape index (κ1) is 10.2. The second-order valence-electron chi connectivity index (χ2n) is 4.12. The Labute approximate surface area is 89.1 Å². The lowest BCUT2D eigenvalue weighted by Crippen LogP contribution is -2.34. The third-order valence-electron chi connectivity index (χ3n) is 2.91. The van der Waals surface area contributed by atoms with Crippen molar-refractivity contribution in [2.24, 2.45) is 0 Å². The SMILES string of the molecule is CN(C)C1CCN(C(=O)c2cnc[nH]2)C1. The number of carbonyl (C=O) groups is 1. The summed E-state index contributed by atoms with van der Waals surface area (Å²) in [5, 5.41) is 0. The molecule has 2 heterocycles. The van der Waals surface area contributed by atoms with Crippen LogP contribution in [0.1, 0.15) is 16.9 Å². The molecule has 0 spiro atoms. The molecule has 0 bridgehead atoms. The van der Waals surface area contributed by atoms with Crippen molar-refractivity contribution < 1.29 is 4.79 Å². The summed E-state index contributed by atoms with van der Waals surface area (Å²) in [6.45, 7) is 1.64. The van der Waals surface area contributed by atoms with Crippen molar-refractivity contribution in [2.75, 3.05) is 27.2 Å². The van der Waals surface area contributed by atoms with Crippen LogP contribution in [0.2, 0.25) is 0 Å². The fourth-order valence-corrected chi connectivity index (χ4v) is 1.89. The van der Waals surface area contributed by atoms with Crippen LogP contribution in [0.5, 0.6) is 0 Å². The molecule has 0 aliphatic carbocycles. The van der Waals surface area contributed by atoms with E-state index in [1.54, 1.807) is 6.20 Å². The molecule has 82 valence electrons. The summed E-state index contributed by atoms with van der Waals surface area (Å²) in [5.74, 6) is 0.0526. The first-order valence-electron chi connectivity index (χ1n) is 5.12. The van der Waals surface area contributed by atoms with Gasteiger partial charge in [0.15, 0.2) is 0 Å². The van der Waals surface area contributed by atoms with Gasteiger partial charge in [0.1, 0.15) is 5.69 Å². The molecule has 1 aromatic rings. The van der Waals surface area contributed by atoms with E-state index in [0.29, 0.717) is 11.7 Å². The predicted octanol–water partition coefficient (Wildman–Crippen LogP) is 0.186. The number of rotatable bonds is 2. The van der Waals surface area contributed by atoms with Gasteiger partial charge in [-0.05, 0) is 20.5 Å². The van der Waals surface area contributed by atoms with Gasteiger partial charge in [0, 0.05) is 19.1 Å². The van der Waals surface area contributed by atoms with Gasteiger partial charge >= 0.3 is 0 Å². The molecule has 1 N–H and O–H groups in total. The van der Waals surface area contributed by atoms with Gasteiger partial charge < -0.3 is 14.8 Å². The van der Waals surface area contributed by atoms with Gasteiger partial charge in [0.05, 0.1) is 12.5 Å². The fraction of sp³-hybridized carbons (Fsp3) is 0.600. The maximum absolute atomic E-state index is 11.9. The van der Waals surface area contributed by atoms with Crippen molar-refractivity contribution in [3.63, 3.8) is 0 Å². The Bertz CT molecular complexity index is 333. The molecule has 1 aromatic heterocycles. The molecule has 1 amide bonds. The van der Waals surface area contributed by atoms with Gasteiger partial charge in [-0.3, -0.25) is 4.79 Å². The highest BCUT2D eigenvalue weighted by atomic mass is 16.2. The Morgan fingerprint density at radius 3 is 3.00 bits per heavy atom. The molecule has 5 nitrogen and oxygen atoms in total. The molecule has 1 fully saturated rings. The number of aromatic amines is 1. The molecule has 0 radical (unpaired) electrons. The monoisotopic (exact) mass is 208 g/mol. The number of hydrogen-bond donors (Lipinski definition) is 1. The number of aromatic nitrogens is 2. The second-order valence-corrected chi connectivity index (χ2v) is 4.12. The van der Waals surface area contributed by atoms with Crippen LogP contribution in [-0.2, 0) is 0 Å². The van der Waals surface area contributed by atoms with Gasteiger partial charge in [0.2, 0.25) is 0 Å². The van der Waals surface area contributed by atoms with Gasteiger partial charge in [-0.15, -0.1) is 0 Å². The van der Waals surface area contributed by atoms with E-state index in [1.807, 2.05) is 4.90 Å². The number of carbonyl (C=O) groups excluding carboxylic acids is 1. The zero-order valence-electron chi connectivity index (χ0n) is 9.10. The van der Waals surface area contributed by atoms with Crippen LogP contribution in [0.4, 0.5) is 0 Å². The van der Waals surface area contributed by atoms with Crippen LogP contribution in [-0.4, -0.2) is 58.9 Å². The summed E-state index contributed by atoms with van der Waals surface area (Å²) in [7, 11) is 4.10. The van der Waals surface area contributed by atoms with E-state index in [1.165, 1.54) is 6.33 Å². The van der Waals surface area contributed by atoms with E-state index in [0.717, 1.165) is 19.5 Å². The molecule has 1 aliphatic rings. The summed E-state index contributed by atoms with van der Waals surface area (Å²) in [5.41, 5.74) is 0.578. The topological polar surface area (TPSA) is 52.2 Å². The normalized spacial score (nSPS) is 21.3. The standard InChI is InChI=1S/C10H16N4O/c1-13(2)8-3-4-14(6-8)10(15)9-5-11-7-12-9/h5,7-8H,3-4,6H2,1-2H3,(H,11,12). The number of nitrogens with zero attached hydrogens (tertiary/aromatic N) is 3. The van der Waals surface area contributed by atoms with Crippen LogP contribution in [0.3, 0.4) is 0 Å². The number of H-pyrrole nitrogens is 1. The maximum atomic E-state index is 11.9. The molecule has 2 rings (SSSR count). The van der Waals surface area contributed by atoms with Crippen LogP contribution in [0, 0.1) is 0 Å². The first-order chi connectivity index (χ1) is 7.18. The fourth-order valence-electron chi connectivity index (χ4n) is 1.89. The quantitative estimate of drug-likeness (QED) is 0.754. The van der Waals surface area contributed by atoms with Crippen LogP contribution < -0.4 is 0 Å². The van der Waals surface area contributed by atoms with Crippen LogP contribution in [0.15, 0.2) is 12.5 Å². The molecule has 0 saturated carbocycles. The van der Waals surface area contributed by atoms with Crippen molar-refractivity contribution in [1.82, 2.24) is 19.8 Å². The second kappa shape index (κ2) is 4.02. The Morgan fingerprint density at radius 2 is 2.47 bits per heavy atom. The number of amides is 1. The summed E-state index contributed by atoms with van der Waals surface area (Å²) >= 11 is 0. The molecule has 1 unspecified atom stereocenters. The summed E-state index contributed by atoms with van der Waals surface area (Å²) < 4.78 is 0. The average Bonchev–Trinajstić information content (AvgIpc) is 2.88. The maximum Gasteiger partial charge on any atom is 0.271 e. The van der Waals surface area contributed by atoms with Crippen molar-refractivity contribution in [3.8, 4) is 0 Å². The summed E-state index contributed by atoms with van der Waals surface area (Å²) in [6.07, 6.45) is 4.16. The number of nitrogens with one attached hydrogen (secondary N) is 1. The molecule has 1 saturated heterocycles. The summed E-state index contributed by atoms with van der Waals surface area (Å²) in [4.78, 5) is 22.6. The molecular weight excluding hydrogens is 192 g/mol. The van der Waals surface area contributed by atoms with E-state index >= 15 is 0 Å². The minimum absolute atomic E-state index is 0.0526. The molecule has 0 aromatic carbocycles. The molecule has 1 atom stereocenters. The predicted molar refractivity (Wildman–Crippen MR) is 56.6 cm³/mol. The number of hydrogen-bond acceptors (Lipinski definition) is 3. The summed E-state index contributed by atoms with van der Waals surface area (Å²) in [6, 6.07) is 0.483. The minimum atomic E-state index is 0.0526. The lowest BCUT2D eigenvalue weighted by atomic mass is 10.2. The van der Waals surface area contributed by atoms with E-state index in [4.69, 9.17) is 0 Å². The molecule has 5 heteroatoms. The Morgan fingerprint density at radius 1 is 1.67 bits per heavy atom. The average molecular weight is 208 g/mol. The smallest absolute Gasteiger partial charge is 0.271 e. The van der Waals surface area contributed by atoms with Gasteiger partial charge in [-0.1, -0.05) is 0 Å². The van der Waals surface area contributed by atoms with Crippen LogP contribution in [0.25, 0.3) is 0 Å². The molecule has 1 aliphatic heterocycles. The first-order valence-corrected chi connectivity index (χ1v) is 5.12. The van der Waals surface area contributed by atoms with Crippen molar-refractivity contribution in [1.29, 1.82) is 0 Å². The molecule has 15 heavy (non-hydrogen) atoms. The van der Waals surface area contributed by atoms with Crippen molar-refractivity contribution >= 4 is 5.91 Å². The van der Waals surface area contributed by atoms with Gasteiger partial charge in [-0.2, -0.15) is 0 Å². The highest BCUT2D eigenvalue weighted by Gasteiger charge is 2.28. The Balaban J connectivity index is 1.99. The Kier molecular flexibility index (Phi) is 2.73. The van der Waals surface area contributed by atoms with Gasteiger partial charge in [-0.25, -0.2) is 4.98 Å². The largest absolute Gasteiger partial charge is 0.341 e. The third kappa shape index (κ3) is 2.02. The van der Waals surface area contributed by atoms with E-state index in [9.17, 15) is 4.79 Å². The number of likely N-dealkylation sites (tertiary alicyclic amines) is 1. The minimum Gasteiger partial charge on any atom is -0.341 e. The van der Waals surface area contributed by atoms with Gasteiger partial charge in [0.25, 0.3) is 5.91 Å². The number of imidazole rings is 1. The van der Waals surface area contributed by atoms with Crippen molar-refractivity contribution in [2.45, 2.75) is 12.5 Å². The van der Waals surface area contributed by atoms with Crippen LogP contribution >= 0.6 is 0 Å². The third-order valence-corrected chi connectivity index (χ3v) is 2.91. The lowest BCUT2D eigenvalue weighted by Gasteiger charge is -2.19. The molecular formula is C10H16N4O. The van der Waals surface area contributed by atoms with E-state index < -0.39 is 0 Å². The Hall–Kier alpha value is -1.36. The lowest BCUT2D eigenvalue weighted by molar-refractivity contribution is 0.0778. The van der Waals surface area contributed by atoms with Crippen molar-refractivity contribution in [3.05, 3.63) is 18.2 Å². The zero-order valence-corrected chi connectivity index (χ0v) is 9.10. The highest BCUT2D eigenvalue weighted by Crippen LogP contribution is 2.15. The zero-order chi connectivity index (χ0) is 10.8. The van der Waals surface area contributed by atoms with E-state index in [-0.39, 0.29) is 5.91 Å².